The molecule has 2 aliphatic rings. The van der Waals surface area contributed by atoms with Gasteiger partial charge >= 0.3 is 0 Å². The number of anilines is 1. The molecule has 5 nitrogen and oxygen atoms in total. The summed E-state index contributed by atoms with van der Waals surface area (Å²) in [5.41, 5.74) is 3.88. The van der Waals surface area contributed by atoms with Gasteiger partial charge in [0.1, 0.15) is 12.4 Å². The Kier molecular flexibility index (Phi) is 5.30. The van der Waals surface area contributed by atoms with Crippen molar-refractivity contribution in [2.24, 2.45) is 0 Å². The summed E-state index contributed by atoms with van der Waals surface area (Å²) in [4.78, 5) is 17.0. The molecule has 2 heterocycles. The largest absolute Gasteiger partial charge is 0.492 e. The first-order valence-electron chi connectivity index (χ1n) is 9.77. The smallest absolute Gasteiger partial charge is 0.257 e. The van der Waals surface area contributed by atoms with Gasteiger partial charge in [0, 0.05) is 18.8 Å². The maximum atomic E-state index is 12.8. The van der Waals surface area contributed by atoms with Gasteiger partial charge in [-0.1, -0.05) is 23.8 Å². The number of carbonyl (C=O) groups excluding carboxylic acids is 1. The summed E-state index contributed by atoms with van der Waals surface area (Å²) in [6.07, 6.45) is 2.62. The Hall–Kier alpha value is -2.53. The number of aryl methyl sites for hydroxylation is 1. The van der Waals surface area contributed by atoms with Crippen molar-refractivity contribution in [1.82, 2.24) is 9.80 Å². The molecule has 2 aromatic rings. The average Bonchev–Trinajstić information content (AvgIpc) is 3.19. The number of amides is 1. The van der Waals surface area contributed by atoms with E-state index < -0.39 is 0 Å². The van der Waals surface area contributed by atoms with Crippen LogP contribution in [0.25, 0.3) is 0 Å². The van der Waals surface area contributed by atoms with E-state index in [4.69, 9.17) is 4.74 Å². The van der Waals surface area contributed by atoms with Crippen LogP contribution in [0.5, 0.6) is 5.75 Å². The predicted molar refractivity (Wildman–Crippen MR) is 107 cm³/mol. The molecule has 0 saturated carbocycles. The molecular weight excluding hydrogens is 338 g/mol. The number of hydrogen-bond acceptors (Lipinski definition) is 4. The van der Waals surface area contributed by atoms with Crippen LogP contribution in [0.1, 0.15) is 34.3 Å². The standard InChI is InChI=1S/C22H27N3O2/c1-17-4-9-21-20(14-17)22(26)25(16-23-21)15-18-5-7-19(8-6-18)27-13-12-24-10-2-3-11-24/h4-9,14,23H,2-3,10-13,15-16H2,1H3. The molecule has 0 spiro atoms. The molecule has 0 radical (unpaired) electrons. The number of carbonyl (C=O) groups is 1. The first kappa shape index (κ1) is 17.9. The fraction of sp³-hybridized carbons (Fsp3) is 0.409. The van der Waals surface area contributed by atoms with Crippen molar-refractivity contribution in [2.45, 2.75) is 26.3 Å². The predicted octanol–water partition coefficient (Wildman–Crippen LogP) is 3.50. The fourth-order valence-electron chi connectivity index (χ4n) is 3.75. The lowest BCUT2D eigenvalue weighted by Crippen LogP contribution is -2.39. The summed E-state index contributed by atoms with van der Waals surface area (Å²) in [7, 11) is 0. The molecule has 2 aliphatic heterocycles. The van der Waals surface area contributed by atoms with Crippen molar-refractivity contribution in [1.29, 1.82) is 0 Å². The van der Waals surface area contributed by atoms with Gasteiger partial charge in [-0.2, -0.15) is 0 Å². The van der Waals surface area contributed by atoms with Crippen molar-refractivity contribution in [3.8, 4) is 5.75 Å². The van der Waals surface area contributed by atoms with E-state index in [0.717, 1.165) is 41.3 Å². The molecule has 2 aromatic carbocycles. The Morgan fingerprint density at radius 1 is 1.07 bits per heavy atom. The lowest BCUT2D eigenvalue weighted by Gasteiger charge is -2.30. The monoisotopic (exact) mass is 365 g/mol. The lowest BCUT2D eigenvalue weighted by atomic mass is 10.1. The van der Waals surface area contributed by atoms with E-state index in [1.807, 2.05) is 54.3 Å². The number of fused-ring (bicyclic) bond motifs is 1. The van der Waals surface area contributed by atoms with Crippen LogP contribution in [0.15, 0.2) is 42.5 Å². The van der Waals surface area contributed by atoms with Crippen LogP contribution in [0.3, 0.4) is 0 Å². The third-order valence-electron chi connectivity index (χ3n) is 5.32. The van der Waals surface area contributed by atoms with Gasteiger partial charge in [-0.05, 0) is 62.7 Å². The van der Waals surface area contributed by atoms with Gasteiger partial charge in [0.05, 0.1) is 12.2 Å². The van der Waals surface area contributed by atoms with Crippen molar-refractivity contribution in [3.05, 3.63) is 59.2 Å². The van der Waals surface area contributed by atoms with Gasteiger partial charge in [0.2, 0.25) is 0 Å². The summed E-state index contributed by atoms with van der Waals surface area (Å²) in [6, 6.07) is 14.0. The first-order valence-corrected chi connectivity index (χ1v) is 9.77. The Balaban J connectivity index is 1.32. The molecule has 27 heavy (non-hydrogen) atoms. The van der Waals surface area contributed by atoms with Gasteiger partial charge in [0.15, 0.2) is 0 Å². The van der Waals surface area contributed by atoms with Crippen molar-refractivity contribution in [3.63, 3.8) is 0 Å². The topological polar surface area (TPSA) is 44.8 Å². The molecule has 1 amide bonds. The third-order valence-corrected chi connectivity index (χ3v) is 5.32. The molecule has 0 unspecified atom stereocenters. The molecule has 1 N–H and O–H groups in total. The van der Waals surface area contributed by atoms with Crippen LogP contribution < -0.4 is 10.1 Å². The summed E-state index contributed by atoms with van der Waals surface area (Å²) < 4.78 is 5.86. The van der Waals surface area contributed by atoms with Gasteiger partial charge in [0.25, 0.3) is 5.91 Å². The minimum atomic E-state index is 0.0818. The zero-order chi connectivity index (χ0) is 18.6. The van der Waals surface area contributed by atoms with Crippen molar-refractivity contribution < 1.29 is 9.53 Å². The van der Waals surface area contributed by atoms with E-state index in [0.29, 0.717) is 13.2 Å². The molecule has 142 valence electrons. The average molecular weight is 365 g/mol. The van der Waals surface area contributed by atoms with E-state index in [1.165, 1.54) is 25.9 Å². The van der Waals surface area contributed by atoms with E-state index in [9.17, 15) is 4.79 Å². The van der Waals surface area contributed by atoms with E-state index >= 15 is 0 Å². The summed E-state index contributed by atoms with van der Waals surface area (Å²) in [5.74, 6) is 0.973. The highest BCUT2D eigenvalue weighted by molar-refractivity contribution is 6.01. The maximum Gasteiger partial charge on any atom is 0.257 e. The second kappa shape index (κ2) is 8.01. The van der Waals surface area contributed by atoms with Gasteiger partial charge in [-0.3, -0.25) is 9.69 Å². The highest BCUT2D eigenvalue weighted by Crippen LogP contribution is 2.24. The summed E-state index contributed by atoms with van der Waals surface area (Å²) in [5, 5.41) is 3.33. The normalized spacial score (nSPS) is 16.9. The van der Waals surface area contributed by atoms with Crippen molar-refractivity contribution >= 4 is 11.6 Å². The number of benzene rings is 2. The highest BCUT2D eigenvalue weighted by Gasteiger charge is 2.24. The molecule has 1 fully saturated rings. The molecule has 4 rings (SSSR count). The molecule has 0 atom stereocenters. The fourth-order valence-corrected chi connectivity index (χ4v) is 3.75. The molecular formula is C22H27N3O2. The highest BCUT2D eigenvalue weighted by atomic mass is 16.5. The van der Waals surface area contributed by atoms with Gasteiger partial charge in [-0.25, -0.2) is 0 Å². The number of rotatable bonds is 6. The van der Waals surface area contributed by atoms with Gasteiger partial charge in [-0.15, -0.1) is 0 Å². The molecule has 0 aliphatic carbocycles. The number of ether oxygens (including phenoxy) is 1. The van der Waals surface area contributed by atoms with Gasteiger partial charge < -0.3 is 15.0 Å². The lowest BCUT2D eigenvalue weighted by molar-refractivity contribution is 0.0746. The van der Waals surface area contributed by atoms with Crippen LogP contribution in [0.4, 0.5) is 5.69 Å². The maximum absolute atomic E-state index is 12.8. The Bertz CT molecular complexity index is 798. The Morgan fingerprint density at radius 2 is 1.85 bits per heavy atom. The number of hydrogen-bond donors (Lipinski definition) is 1. The second-order valence-corrected chi connectivity index (χ2v) is 7.43. The molecule has 0 bridgehead atoms. The minimum Gasteiger partial charge on any atom is -0.492 e. The van der Waals surface area contributed by atoms with E-state index in [-0.39, 0.29) is 5.91 Å². The van der Waals surface area contributed by atoms with Crippen LogP contribution >= 0.6 is 0 Å². The molecule has 1 saturated heterocycles. The number of nitrogens with zero attached hydrogens (tertiary/aromatic N) is 2. The summed E-state index contributed by atoms with van der Waals surface area (Å²) in [6.45, 7) is 7.25. The van der Waals surface area contributed by atoms with Crippen LogP contribution in [-0.2, 0) is 6.54 Å². The Morgan fingerprint density at radius 3 is 2.63 bits per heavy atom. The number of likely N-dealkylation sites (tertiary alicyclic amines) is 1. The number of nitrogens with one attached hydrogen (secondary N) is 1. The molecule has 0 aromatic heterocycles. The SMILES string of the molecule is Cc1ccc2c(c1)C(=O)N(Cc1ccc(OCCN3CCCC3)cc1)CN2. The van der Waals surface area contributed by atoms with Crippen LogP contribution in [-0.4, -0.2) is 48.6 Å². The third kappa shape index (κ3) is 4.25. The van der Waals surface area contributed by atoms with E-state index in [1.54, 1.807) is 0 Å². The first-order chi connectivity index (χ1) is 13.2. The quantitative estimate of drug-likeness (QED) is 0.851. The van der Waals surface area contributed by atoms with Crippen LogP contribution in [0.2, 0.25) is 0 Å². The van der Waals surface area contributed by atoms with Crippen molar-refractivity contribution in [2.75, 3.05) is 38.2 Å². The van der Waals surface area contributed by atoms with E-state index in [2.05, 4.69) is 10.2 Å². The minimum absolute atomic E-state index is 0.0818. The Labute approximate surface area is 160 Å². The summed E-state index contributed by atoms with van der Waals surface area (Å²) >= 11 is 0. The zero-order valence-electron chi connectivity index (χ0n) is 15.9. The molecule has 5 heteroatoms. The zero-order valence-corrected chi connectivity index (χ0v) is 15.9. The second-order valence-electron chi connectivity index (χ2n) is 7.43. The van der Waals surface area contributed by atoms with Crippen LogP contribution in [0, 0.1) is 6.92 Å².